The Morgan fingerprint density at radius 3 is 2.83 bits per heavy atom. The molecule has 0 radical (unpaired) electrons. The monoisotopic (exact) mass is 163 g/mol. The lowest BCUT2D eigenvalue weighted by atomic mass is 9.78. The number of carbonyl (C=O) groups is 1. The molecule has 2 heteroatoms. The van der Waals surface area contributed by atoms with Gasteiger partial charge >= 0.3 is 0 Å². The second kappa shape index (κ2) is 2.90. The minimum atomic E-state index is -0.254. The molecule has 2 saturated carbocycles. The van der Waals surface area contributed by atoms with Crippen molar-refractivity contribution in [1.82, 2.24) is 0 Å². The molecule has 0 aromatic heterocycles. The lowest BCUT2D eigenvalue weighted by molar-refractivity contribution is -0.119. The van der Waals surface area contributed by atoms with Crippen molar-refractivity contribution < 1.29 is 4.79 Å². The van der Waals surface area contributed by atoms with Gasteiger partial charge in [-0.1, -0.05) is 12.8 Å². The molecule has 0 unspecified atom stereocenters. The summed E-state index contributed by atoms with van der Waals surface area (Å²) in [5.41, 5.74) is 0. The fourth-order valence-electron chi connectivity index (χ4n) is 2.72. The van der Waals surface area contributed by atoms with Crippen molar-refractivity contribution in [1.29, 1.82) is 5.26 Å². The molecule has 2 nitrogen and oxygen atoms in total. The first-order valence-electron chi connectivity index (χ1n) is 4.75. The Bertz CT molecular complexity index is 241. The van der Waals surface area contributed by atoms with Crippen LogP contribution in [0, 0.1) is 29.1 Å². The zero-order chi connectivity index (χ0) is 8.55. The molecule has 2 fully saturated rings. The number of hydrogen-bond donors (Lipinski definition) is 0. The van der Waals surface area contributed by atoms with Crippen LogP contribution < -0.4 is 0 Å². The highest BCUT2D eigenvalue weighted by atomic mass is 16.1. The number of Topliss-reactive ketones (excluding diaryl/α,β-unsaturated/α-hetero) is 1. The van der Waals surface area contributed by atoms with E-state index in [2.05, 4.69) is 6.07 Å². The molecule has 0 saturated heterocycles. The lowest BCUT2D eigenvalue weighted by Gasteiger charge is -2.25. The molecule has 0 N–H and O–H groups in total. The number of fused-ring (bicyclic) bond motifs is 1. The first-order chi connectivity index (χ1) is 5.83. The minimum absolute atomic E-state index is 0.203. The Hall–Kier alpha value is -0.840. The van der Waals surface area contributed by atoms with E-state index in [-0.39, 0.29) is 11.7 Å². The maximum Gasteiger partial charge on any atom is 0.150 e. The van der Waals surface area contributed by atoms with Gasteiger partial charge in [0, 0.05) is 6.42 Å². The third-order valence-corrected chi connectivity index (χ3v) is 3.35. The highest BCUT2D eigenvalue weighted by Gasteiger charge is 2.43. The first kappa shape index (κ1) is 7.79. The second-order valence-electron chi connectivity index (χ2n) is 3.99. The van der Waals surface area contributed by atoms with Crippen LogP contribution in [0.25, 0.3) is 0 Å². The molecule has 0 heterocycles. The molecule has 2 rings (SSSR count). The van der Waals surface area contributed by atoms with E-state index in [0.717, 1.165) is 6.42 Å². The lowest BCUT2D eigenvalue weighted by Crippen LogP contribution is -2.19. The number of nitriles is 1. The molecule has 0 amide bonds. The smallest absolute Gasteiger partial charge is 0.150 e. The molecule has 12 heavy (non-hydrogen) atoms. The molecule has 3 atom stereocenters. The van der Waals surface area contributed by atoms with Gasteiger partial charge in [-0.3, -0.25) is 4.79 Å². The zero-order valence-corrected chi connectivity index (χ0v) is 7.12. The van der Waals surface area contributed by atoms with Crippen molar-refractivity contribution in [3.05, 3.63) is 0 Å². The molecule has 0 aliphatic heterocycles. The summed E-state index contributed by atoms with van der Waals surface area (Å²) in [4.78, 5) is 11.3. The summed E-state index contributed by atoms with van der Waals surface area (Å²) in [5.74, 6) is 0.914. The third kappa shape index (κ3) is 1.04. The Kier molecular flexibility index (Phi) is 1.88. The normalized spacial score (nSPS) is 40.6. The fraction of sp³-hybridized carbons (Fsp3) is 0.800. The van der Waals surface area contributed by atoms with Crippen molar-refractivity contribution in [3.63, 3.8) is 0 Å². The molecular formula is C10H13NO. The van der Waals surface area contributed by atoms with Crippen LogP contribution in [-0.4, -0.2) is 5.78 Å². The Morgan fingerprint density at radius 2 is 2.08 bits per heavy atom. The van der Waals surface area contributed by atoms with E-state index in [9.17, 15) is 4.79 Å². The van der Waals surface area contributed by atoms with Crippen LogP contribution in [0.15, 0.2) is 0 Å². The van der Waals surface area contributed by atoms with Gasteiger partial charge in [-0.25, -0.2) is 0 Å². The van der Waals surface area contributed by atoms with Crippen molar-refractivity contribution in [2.24, 2.45) is 17.8 Å². The van der Waals surface area contributed by atoms with Gasteiger partial charge in [0.05, 0.1) is 6.07 Å². The molecule has 2 aliphatic carbocycles. The summed E-state index contributed by atoms with van der Waals surface area (Å²) < 4.78 is 0. The molecule has 0 bridgehead atoms. The second-order valence-corrected chi connectivity index (χ2v) is 3.99. The van der Waals surface area contributed by atoms with Gasteiger partial charge in [0.1, 0.15) is 5.92 Å². The highest BCUT2D eigenvalue weighted by molar-refractivity contribution is 5.86. The van der Waals surface area contributed by atoms with Crippen LogP contribution in [0.5, 0.6) is 0 Å². The van der Waals surface area contributed by atoms with E-state index in [1.807, 2.05) is 0 Å². The standard InChI is InChI=1S/C10H13NO/c11-6-9-8-4-2-1-3-7(8)5-10(9)12/h7-9H,1-5H2/t7-,8+,9-/m1/s1. The van der Waals surface area contributed by atoms with Crippen LogP contribution in [0.4, 0.5) is 0 Å². The predicted molar refractivity (Wildman–Crippen MR) is 44.2 cm³/mol. The topological polar surface area (TPSA) is 40.9 Å². The van der Waals surface area contributed by atoms with Crippen molar-refractivity contribution in [3.8, 4) is 6.07 Å². The summed E-state index contributed by atoms with van der Waals surface area (Å²) in [6.07, 6.45) is 5.44. The first-order valence-corrected chi connectivity index (χ1v) is 4.75. The summed E-state index contributed by atoms with van der Waals surface area (Å²) in [7, 11) is 0. The van der Waals surface area contributed by atoms with Gasteiger partial charge in [0.2, 0.25) is 0 Å². The Balaban J connectivity index is 2.17. The minimum Gasteiger partial charge on any atom is -0.298 e. The quantitative estimate of drug-likeness (QED) is 0.547. The molecular weight excluding hydrogens is 150 g/mol. The average molecular weight is 163 g/mol. The van der Waals surface area contributed by atoms with Gasteiger partial charge in [-0.2, -0.15) is 5.26 Å². The van der Waals surface area contributed by atoms with Gasteiger partial charge in [-0.05, 0) is 24.7 Å². The highest BCUT2D eigenvalue weighted by Crippen LogP contribution is 2.43. The van der Waals surface area contributed by atoms with Gasteiger partial charge in [0.15, 0.2) is 5.78 Å². The zero-order valence-electron chi connectivity index (χ0n) is 7.12. The molecule has 0 aromatic carbocycles. The van der Waals surface area contributed by atoms with E-state index >= 15 is 0 Å². The Labute approximate surface area is 72.6 Å². The third-order valence-electron chi connectivity index (χ3n) is 3.35. The SMILES string of the molecule is N#C[C@H]1C(=O)C[C@H]2CCCC[C@@H]21. The van der Waals surface area contributed by atoms with Crippen molar-refractivity contribution >= 4 is 5.78 Å². The number of hydrogen-bond acceptors (Lipinski definition) is 2. The van der Waals surface area contributed by atoms with Crippen LogP contribution in [0.3, 0.4) is 0 Å². The van der Waals surface area contributed by atoms with Crippen molar-refractivity contribution in [2.45, 2.75) is 32.1 Å². The number of nitrogens with zero attached hydrogens (tertiary/aromatic N) is 1. The number of rotatable bonds is 0. The Morgan fingerprint density at radius 1 is 1.33 bits per heavy atom. The van der Waals surface area contributed by atoms with E-state index in [1.54, 1.807) is 0 Å². The predicted octanol–water partition coefficient (Wildman–Crippen LogP) is 1.91. The maximum absolute atomic E-state index is 11.3. The van der Waals surface area contributed by atoms with E-state index < -0.39 is 0 Å². The maximum atomic E-state index is 11.3. The van der Waals surface area contributed by atoms with E-state index in [4.69, 9.17) is 5.26 Å². The largest absolute Gasteiger partial charge is 0.298 e. The number of ketones is 1. The van der Waals surface area contributed by atoms with Crippen LogP contribution in [0.2, 0.25) is 0 Å². The van der Waals surface area contributed by atoms with Gasteiger partial charge < -0.3 is 0 Å². The summed E-state index contributed by atoms with van der Waals surface area (Å²) in [5, 5.41) is 8.80. The van der Waals surface area contributed by atoms with Crippen LogP contribution >= 0.6 is 0 Å². The van der Waals surface area contributed by atoms with Crippen molar-refractivity contribution in [2.75, 3.05) is 0 Å². The summed E-state index contributed by atoms with van der Waals surface area (Å²) >= 11 is 0. The summed E-state index contributed by atoms with van der Waals surface area (Å²) in [6, 6.07) is 2.16. The fourth-order valence-corrected chi connectivity index (χ4v) is 2.72. The molecule has 0 spiro atoms. The van der Waals surface area contributed by atoms with Crippen LogP contribution in [-0.2, 0) is 4.79 Å². The molecule has 0 aromatic rings. The summed E-state index contributed by atoms with van der Waals surface area (Å²) in [6.45, 7) is 0. The molecule has 2 aliphatic rings. The molecule has 64 valence electrons. The van der Waals surface area contributed by atoms with E-state index in [0.29, 0.717) is 18.3 Å². The number of carbonyl (C=O) groups excluding carboxylic acids is 1. The van der Waals surface area contributed by atoms with Crippen LogP contribution in [0.1, 0.15) is 32.1 Å². The average Bonchev–Trinajstić information content (AvgIpc) is 2.40. The van der Waals surface area contributed by atoms with E-state index in [1.165, 1.54) is 19.3 Å². The van der Waals surface area contributed by atoms with Gasteiger partial charge in [0.25, 0.3) is 0 Å². The van der Waals surface area contributed by atoms with Gasteiger partial charge in [-0.15, -0.1) is 0 Å².